The van der Waals surface area contributed by atoms with E-state index < -0.39 is 10.0 Å². The van der Waals surface area contributed by atoms with Crippen molar-refractivity contribution in [3.63, 3.8) is 0 Å². The lowest BCUT2D eigenvalue weighted by molar-refractivity contribution is 0.530. The van der Waals surface area contributed by atoms with E-state index in [1.807, 2.05) is 6.92 Å². The minimum atomic E-state index is -3.48. The van der Waals surface area contributed by atoms with Gasteiger partial charge in [-0.15, -0.1) is 0 Å². The van der Waals surface area contributed by atoms with Gasteiger partial charge in [-0.25, -0.2) is 13.1 Å². The zero-order valence-electron chi connectivity index (χ0n) is 9.89. The van der Waals surface area contributed by atoms with Gasteiger partial charge in [-0.2, -0.15) is 0 Å². The van der Waals surface area contributed by atoms with Crippen LogP contribution in [0.1, 0.15) is 26.2 Å². The molecule has 1 saturated carbocycles. The minimum absolute atomic E-state index is 0.0351. The molecule has 1 fully saturated rings. The van der Waals surface area contributed by atoms with E-state index in [2.05, 4.69) is 4.72 Å². The summed E-state index contributed by atoms with van der Waals surface area (Å²) < 4.78 is 26.8. The maximum atomic E-state index is 12.1. The first-order valence-electron chi connectivity index (χ1n) is 5.86. The first-order valence-corrected chi connectivity index (χ1v) is 7.34. The number of nitrogens with one attached hydrogen (secondary N) is 1. The van der Waals surface area contributed by atoms with Crippen LogP contribution in [-0.4, -0.2) is 14.5 Å². The minimum Gasteiger partial charge on any atom is -0.398 e. The highest BCUT2D eigenvalue weighted by atomic mass is 32.2. The molecule has 0 heterocycles. The molecule has 1 aromatic rings. The Morgan fingerprint density at radius 3 is 2.65 bits per heavy atom. The van der Waals surface area contributed by atoms with Crippen LogP contribution in [0.15, 0.2) is 29.2 Å². The van der Waals surface area contributed by atoms with E-state index in [4.69, 9.17) is 5.73 Å². The molecule has 0 spiro atoms. The Morgan fingerprint density at radius 2 is 2.06 bits per heavy atom. The number of benzene rings is 1. The molecule has 0 saturated heterocycles. The lowest BCUT2D eigenvalue weighted by Gasteiger charge is -2.14. The van der Waals surface area contributed by atoms with Gasteiger partial charge in [0.05, 0.1) is 5.69 Å². The molecule has 1 aliphatic carbocycles. The summed E-state index contributed by atoms with van der Waals surface area (Å²) in [6.45, 7) is 1.90. The van der Waals surface area contributed by atoms with Crippen molar-refractivity contribution in [1.29, 1.82) is 0 Å². The van der Waals surface area contributed by atoms with Gasteiger partial charge in [0, 0.05) is 6.04 Å². The molecule has 1 unspecified atom stereocenters. The monoisotopic (exact) mass is 254 g/mol. The third-order valence-electron chi connectivity index (χ3n) is 2.95. The van der Waals surface area contributed by atoms with E-state index in [-0.39, 0.29) is 10.9 Å². The van der Waals surface area contributed by atoms with Gasteiger partial charge in [0.2, 0.25) is 10.0 Å². The van der Waals surface area contributed by atoms with Crippen LogP contribution in [0.25, 0.3) is 0 Å². The number of para-hydroxylation sites is 1. The summed E-state index contributed by atoms with van der Waals surface area (Å²) in [6, 6.07) is 6.49. The maximum Gasteiger partial charge on any atom is 0.242 e. The fourth-order valence-electron chi connectivity index (χ4n) is 1.96. The van der Waals surface area contributed by atoms with Crippen molar-refractivity contribution in [2.45, 2.75) is 37.1 Å². The Hall–Kier alpha value is -1.07. The zero-order chi connectivity index (χ0) is 12.5. The van der Waals surface area contributed by atoms with Crippen LogP contribution >= 0.6 is 0 Å². The molecule has 0 bridgehead atoms. The molecule has 0 aromatic heterocycles. The van der Waals surface area contributed by atoms with Crippen LogP contribution in [0.5, 0.6) is 0 Å². The van der Waals surface area contributed by atoms with Crippen LogP contribution in [-0.2, 0) is 10.0 Å². The topological polar surface area (TPSA) is 72.2 Å². The summed E-state index contributed by atoms with van der Waals surface area (Å²) >= 11 is 0. The first kappa shape index (κ1) is 12.4. The first-order chi connectivity index (χ1) is 7.99. The highest BCUT2D eigenvalue weighted by Crippen LogP contribution is 2.33. The Morgan fingerprint density at radius 1 is 1.41 bits per heavy atom. The summed E-state index contributed by atoms with van der Waals surface area (Å²) in [5.41, 5.74) is 5.97. The second-order valence-electron chi connectivity index (χ2n) is 4.74. The van der Waals surface area contributed by atoms with Crippen LogP contribution in [0.3, 0.4) is 0 Å². The molecule has 1 aromatic carbocycles. The molecule has 1 atom stereocenters. The van der Waals surface area contributed by atoms with E-state index in [9.17, 15) is 8.42 Å². The Bertz CT molecular complexity index is 495. The van der Waals surface area contributed by atoms with Crippen molar-refractivity contribution in [2.75, 3.05) is 5.73 Å². The molecule has 17 heavy (non-hydrogen) atoms. The van der Waals surface area contributed by atoms with E-state index in [1.165, 1.54) is 18.9 Å². The van der Waals surface area contributed by atoms with Crippen molar-refractivity contribution < 1.29 is 8.42 Å². The summed E-state index contributed by atoms with van der Waals surface area (Å²) in [7, 11) is -3.48. The Labute approximate surface area is 102 Å². The molecular formula is C12H18N2O2S. The van der Waals surface area contributed by atoms with Crippen LogP contribution in [0, 0.1) is 5.92 Å². The van der Waals surface area contributed by atoms with Gasteiger partial charge in [0.1, 0.15) is 4.90 Å². The Balaban J connectivity index is 2.10. The quantitative estimate of drug-likeness (QED) is 0.786. The molecule has 0 aliphatic heterocycles. The lowest BCUT2D eigenvalue weighted by atomic mass is 10.2. The number of rotatable bonds is 5. The fourth-order valence-corrected chi connectivity index (χ4v) is 3.34. The number of hydrogen-bond donors (Lipinski definition) is 2. The molecule has 3 N–H and O–H groups in total. The highest BCUT2D eigenvalue weighted by molar-refractivity contribution is 7.89. The average molecular weight is 254 g/mol. The molecule has 2 rings (SSSR count). The van der Waals surface area contributed by atoms with Crippen molar-refractivity contribution >= 4 is 15.7 Å². The van der Waals surface area contributed by atoms with Gasteiger partial charge in [-0.3, -0.25) is 0 Å². The predicted octanol–water partition coefficient (Wildman–Crippen LogP) is 1.74. The van der Waals surface area contributed by atoms with Crippen molar-refractivity contribution in [3.05, 3.63) is 24.3 Å². The maximum absolute atomic E-state index is 12.1. The van der Waals surface area contributed by atoms with Crippen molar-refractivity contribution in [1.82, 2.24) is 4.72 Å². The van der Waals surface area contributed by atoms with E-state index in [0.717, 1.165) is 6.42 Å². The largest absolute Gasteiger partial charge is 0.398 e. The third-order valence-corrected chi connectivity index (χ3v) is 4.61. The summed E-state index contributed by atoms with van der Waals surface area (Å²) in [6.07, 6.45) is 3.35. The third kappa shape index (κ3) is 3.20. The molecule has 1 aliphatic rings. The van der Waals surface area contributed by atoms with Gasteiger partial charge in [-0.1, -0.05) is 25.0 Å². The van der Waals surface area contributed by atoms with Gasteiger partial charge in [-0.05, 0) is 31.4 Å². The fraction of sp³-hybridized carbons (Fsp3) is 0.500. The summed E-state index contributed by atoms with van der Waals surface area (Å²) in [5.74, 6) is 0.695. The number of sulfonamides is 1. The normalized spacial score (nSPS) is 17.9. The predicted molar refractivity (Wildman–Crippen MR) is 68.0 cm³/mol. The molecule has 4 nitrogen and oxygen atoms in total. The number of hydrogen-bond acceptors (Lipinski definition) is 3. The highest BCUT2D eigenvalue weighted by Gasteiger charge is 2.26. The molecular weight excluding hydrogens is 236 g/mol. The van der Waals surface area contributed by atoms with Crippen LogP contribution in [0.4, 0.5) is 5.69 Å². The van der Waals surface area contributed by atoms with Crippen LogP contribution in [0.2, 0.25) is 0 Å². The molecule has 5 heteroatoms. The second-order valence-corrected chi connectivity index (χ2v) is 6.42. The summed E-state index contributed by atoms with van der Waals surface area (Å²) in [4.78, 5) is 0.169. The Kier molecular flexibility index (Phi) is 3.40. The standard InChI is InChI=1S/C12H18N2O2S/c1-9(8-10-6-7-10)14-17(15,16)12-5-3-2-4-11(12)13/h2-5,9-10,14H,6-8,13H2,1H3. The van der Waals surface area contributed by atoms with Crippen molar-refractivity contribution in [3.8, 4) is 0 Å². The van der Waals surface area contributed by atoms with E-state index in [0.29, 0.717) is 11.6 Å². The zero-order valence-corrected chi connectivity index (χ0v) is 10.7. The number of nitrogens with two attached hydrogens (primary N) is 1. The second kappa shape index (κ2) is 4.66. The lowest BCUT2D eigenvalue weighted by Crippen LogP contribution is -2.33. The molecule has 0 amide bonds. The van der Waals surface area contributed by atoms with E-state index in [1.54, 1.807) is 18.2 Å². The van der Waals surface area contributed by atoms with Gasteiger partial charge >= 0.3 is 0 Å². The van der Waals surface area contributed by atoms with E-state index >= 15 is 0 Å². The van der Waals surface area contributed by atoms with Gasteiger partial charge < -0.3 is 5.73 Å². The smallest absolute Gasteiger partial charge is 0.242 e. The number of anilines is 1. The summed E-state index contributed by atoms with van der Waals surface area (Å²) in [5, 5.41) is 0. The average Bonchev–Trinajstić information content (AvgIpc) is 3.00. The van der Waals surface area contributed by atoms with Gasteiger partial charge in [0.25, 0.3) is 0 Å². The molecule has 0 radical (unpaired) electrons. The number of nitrogen functional groups attached to an aromatic ring is 1. The van der Waals surface area contributed by atoms with Crippen molar-refractivity contribution in [2.24, 2.45) is 5.92 Å². The van der Waals surface area contributed by atoms with Crippen LogP contribution < -0.4 is 10.5 Å². The molecule has 94 valence electrons. The van der Waals surface area contributed by atoms with Gasteiger partial charge in [0.15, 0.2) is 0 Å². The SMILES string of the molecule is CC(CC1CC1)NS(=O)(=O)c1ccccc1N.